The molecule has 0 aliphatic heterocycles. The Kier molecular flexibility index (Phi) is 11.7. The molecule has 0 saturated carbocycles. The van der Waals surface area contributed by atoms with E-state index in [9.17, 15) is 0 Å². The smallest absolute Gasteiger partial charge is 0.0541 e. The maximum absolute atomic E-state index is 2.52. The molecule has 3 atom stereocenters. The van der Waals surface area contributed by atoms with Crippen LogP contribution in [0.5, 0.6) is 0 Å². The monoisotopic (exact) mass is 1190 g/mol. The summed E-state index contributed by atoms with van der Waals surface area (Å²) in [5, 5.41) is 5.07. The van der Waals surface area contributed by atoms with Crippen molar-refractivity contribution in [3.8, 4) is 55.9 Å². The summed E-state index contributed by atoms with van der Waals surface area (Å²) >= 11 is 0. The lowest BCUT2D eigenvalue weighted by Gasteiger charge is -2.29. The van der Waals surface area contributed by atoms with Crippen molar-refractivity contribution in [2.45, 2.75) is 62.7 Å². The fraction of sp³-hybridized carbons (Fsp3) is 0.121. The van der Waals surface area contributed by atoms with E-state index >= 15 is 0 Å². The Bertz CT molecular complexity index is 5630. The zero-order chi connectivity index (χ0) is 61.9. The molecule has 0 saturated heterocycles. The molecule has 2 aromatic heterocycles. The van der Waals surface area contributed by atoms with Crippen LogP contribution in [0.1, 0.15) is 107 Å². The summed E-state index contributed by atoms with van der Waals surface area (Å²) < 4.78 is 4.92. The summed E-state index contributed by atoms with van der Waals surface area (Å²) in [4.78, 5) is 0. The third-order valence-corrected chi connectivity index (χ3v) is 22.5. The zero-order valence-corrected chi connectivity index (χ0v) is 52.8. The van der Waals surface area contributed by atoms with E-state index in [1.165, 1.54) is 166 Å². The minimum absolute atomic E-state index is 0.0526. The van der Waals surface area contributed by atoms with Crippen LogP contribution in [0.15, 0.2) is 279 Å². The van der Waals surface area contributed by atoms with Crippen molar-refractivity contribution < 1.29 is 0 Å². The van der Waals surface area contributed by atoms with Gasteiger partial charge in [0, 0.05) is 49.7 Å². The summed E-state index contributed by atoms with van der Waals surface area (Å²) in [6.07, 6.45) is 20.4. The quantitative estimate of drug-likeness (QED) is 0.134. The Morgan fingerprint density at radius 3 is 1.43 bits per heavy atom. The Balaban J connectivity index is 0.589. The zero-order valence-electron chi connectivity index (χ0n) is 52.8. The van der Waals surface area contributed by atoms with Crippen LogP contribution in [0, 0.1) is 5.92 Å². The largest absolute Gasteiger partial charge is 0.309 e. The number of benzene rings is 12. The minimum atomic E-state index is -0.226. The van der Waals surface area contributed by atoms with Crippen molar-refractivity contribution in [1.29, 1.82) is 0 Å². The SMILES string of the molecule is CC1(C)c2ccccc2-c2ccc(-n3c4ccccc4c4cc(/C=C/c5ccc(-c6ccc7c(c6)C6(CCc8ccccc86)c6cc(-c8ccc(/C=C/c9ccc%10c(c9)c9ccccc9n%10-c9ccc%10c(c9)C(C)(C)C9C=CC=CC%109)cc8)ccc6-7)cc5)ccc43)cc21. The van der Waals surface area contributed by atoms with E-state index in [1.54, 1.807) is 0 Å². The molecule has 0 N–H and O–H groups in total. The number of allylic oxidation sites excluding steroid dienone is 4. The molecule has 19 rings (SSSR count). The molecule has 0 amide bonds. The normalized spacial score (nSPS) is 18.3. The molecule has 5 aliphatic carbocycles. The highest BCUT2D eigenvalue weighted by atomic mass is 15.0. The van der Waals surface area contributed by atoms with Gasteiger partial charge in [0.2, 0.25) is 0 Å². The molecular weight excluding hydrogens is 1120 g/mol. The number of aryl methyl sites for hydroxylation is 1. The van der Waals surface area contributed by atoms with Crippen LogP contribution in [0.2, 0.25) is 0 Å². The van der Waals surface area contributed by atoms with Gasteiger partial charge in [0.15, 0.2) is 0 Å². The van der Waals surface area contributed by atoms with Gasteiger partial charge in [0.25, 0.3) is 0 Å². The molecule has 442 valence electrons. The van der Waals surface area contributed by atoms with E-state index in [-0.39, 0.29) is 16.2 Å². The average Bonchev–Trinajstić information content (AvgIpc) is 1.54. The maximum atomic E-state index is 2.52. The van der Waals surface area contributed by atoms with Crippen molar-refractivity contribution in [3.05, 3.63) is 346 Å². The molecule has 0 radical (unpaired) electrons. The standard InChI is InChI=1S/C91H68N2/c1-89(2)79-21-11-6-16-68(79)70-45-41-66(55-81(70)89)92-85-23-13-8-18-74(85)76-51-59(33-47-87(76)92)27-25-57-29-35-61(36-30-57)64-39-43-72-73-44-40-65(54-84(73)91(83(72)53-64)50-49-63-15-5-10-20-78(63)91)62-37-31-58(32-38-62)26-28-60-34-48-88-77(52-60)75-19-9-14-24-86(75)93(88)67-42-46-71-69-17-7-12-22-80(69)90(3,4)82(71)56-67/h5-48,51-56,68,79H,49-50H2,1-4H3/b27-25+,28-26+. The first-order valence-corrected chi connectivity index (χ1v) is 33.3. The highest BCUT2D eigenvalue weighted by Crippen LogP contribution is 2.60. The Morgan fingerprint density at radius 2 is 0.806 bits per heavy atom. The summed E-state index contributed by atoms with van der Waals surface area (Å²) in [5.74, 6) is 0.918. The fourth-order valence-corrected chi connectivity index (χ4v) is 17.8. The van der Waals surface area contributed by atoms with Gasteiger partial charge >= 0.3 is 0 Å². The first-order chi connectivity index (χ1) is 45.6. The van der Waals surface area contributed by atoms with Crippen LogP contribution in [0.25, 0.3) is 124 Å². The number of para-hydroxylation sites is 2. The van der Waals surface area contributed by atoms with Gasteiger partial charge in [-0.15, -0.1) is 0 Å². The number of aromatic nitrogens is 2. The van der Waals surface area contributed by atoms with Crippen molar-refractivity contribution in [1.82, 2.24) is 9.13 Å². The van der Waals surface area contributed by atoms with E-state index in [1.807, 2.05) is 0 Å². The van der Waals surface area contributed by atoms with Crippen LogP contribution >= 0.6 is 0 Å². The van der Waals surface area contributed by atoms with Gasteiger partial charge in [-0.1, -0.05) is 258 Å². The Labute approximate surface area is 544 Å². The third-order valence-electron chi connectivity index (χ3n) is 22.5. The fourth-order valence-electron chi connectivity index (χ4n) is 17.8. The second-order valence-electron chi connectivity index (χ2n) is 28.0. The van der Waals surface area contributed by atoms with Crippen LogP contribution < -0.4 is 0 Å². The molecule has 2 nitrogen and oxygen atoms in total. The number of nitrogens with zero attached hydrogens (tertiary/aromatic N) is 2. The number of rotatable bonds is 8. The van der Waals surface area contributed by atoms with Crippen molar-refractivity contribution in [2.75, 3.05) is 0 Å². The van der Waals surface area contributed by atoms with Gasteiger partial charge < -0.3 is 9.13 Å². The molecule has 5 aliphatic rings. The molecule has 0 fully saturated rings. The van der Waals surface area contributed by atoms with Gasteiger partial charge in [-0.2, -0.15) is 0 Å². The van der Waals surface area contributed by atoms with Crippen LogP contribution in [-0.2, 0) is 22.7 Å². The number of hydrogen-bond acceptors (Lipinski definition) is 0. The molecule has 12 aromatic carbocycles. The molecule has 93 heavy (non-hydrogen) atoms. The second kappa shape index (κ2) is 20.1. The molecular formula is C91H68N2. The van der Waals surface area contributed by atoms with E-state index < -0.39 is 0 Å². The molecule has 2 heteroatoms. The lowest BCUT2D eigenvalue weighted by atomic mass is 9.72. The van der Waals surface area contributed by atoms with Gasteiger partial charge in [0.1, 0.15) is 0 Å². The number of hydrogen-bond donors (Lipinski definition) is 0. The number of fused-ring (bicyclic) bond motifs is 19. The van der Waals surface area contributed by atoms with E-state index in [0.29, 0.717) is 11.8 Å². The van der Waals surface area contributed by atoms with E-state index in [4.69, 9.17) is 0 Å². The van der Waals surface area contributed by atoms with Crippen molar-refractivity contribution in [3.63, 3.8) is 0 Å². The summed E-state index contributed by atoms with van der Waals surface area (Å²) in [6.45, 7) is 9.56. The van der Waals surface area contributed by atoms with Crippen molar-refractivity contribution >= 4 is 67.9 Å². The maximum Gasteiger partial charge on any atom is 0.0541 e. The molecule has 14 aromatic rings. The first-order valence-electron chi connectivity index (χ1n) is 33.3. The van der Waals surface area contributed by atoms with Crippen LogP contribution in [-0.4, -0.2) is 9.13 Å². The van der Waals surface area contributed by atoms with E-state index in [2.05, 4.69) is 340 Å². The highest BCUT2D eigenvalue weighted by Gasteiger charge is 2.49. The van der Waals surface area contributed by atoms with Gasteiger partial charge in [-0.05, 0) is 208 Å². The van der Waals surface area contributed by atoms with Gasteiger partial charge in [-0.25, -0.2) is 0 Å². The third kappa shape index (κ3) is 8.01. The molecule has 1 spiro atoms. The van der Waals surface area contributed by atoms with Gasteiger partial charge in [-0.3, -0.25) is 0 Å². The van der Waals surface area contributed by atoms with E-state index in [0.717, 1.165) is 12.8 Å². The summed E-state index contributed by atoms with van der Waals surface area (Å²) in [5.41, 5.74) is 33.6. The highest BCUT2D eigenvalue weighted by molar-refractivity contribution is 6.11. The second-order valence-corrected chi connectivity index (χ2v) is 28.0. The molecule has 3 unspecified atom stereocenters. The predicted octanol–water partition coefficient (Wildman–Crippen LogP) is 23.2. The Hall–Kier alpha value is -10.8. The molecule has 2 heterocycles. The summed E-state index contributed by atoms with van der Waals surface area (Å²) in [6, 6.07) is 96.9. The summed E-state index contributed by atoms with van der Waals surface area (Å²) in [7, 11) is 0. The average molecular weight is 1190 g/mol. The first kappa shape index (κ1) is 54.0. The van der Waals surface area contributed by atoms with Crippen molar-refractivity contribution in [2.24, 2.45) is 5.92 Å². The Morgan fingerprint density at radius 1 is 0.344 bits per heavy atom. The lowest BCUT2D eigenvalue weighted by molar-refractivity contribution is 0.394. The van der Waals surface area contributed by atoms with Gasteiger partial charge in [0.05, 0.1) is 22.1 Å². The topological polar surface area (TPSA) is 9.86 Å². The molecule has 0 bridgehead atoms. The van der Waals surface area contributed by atoms with Crippen LogP contribution in [0.3, 0.4) is 0 Å². The minimum Gasteiger partial charge on any atom is -0.309 e. The predicted molar refractivity (Wildman–Crippen MR) is 392 cm³/mol. The van der Waals surface area contributed by atoms with Crippen LogP contribution in [0.4, 0.5) is 0 Å². The lowest BCUT2D eigenvalue weighted by Crippen LogP contribution is -2.24.